The highest BCUT2D eigenvalue weighted by Crippen LogP contribution is 2.17. The first-order valence-corrected chi connectivity index (χ1v) is 5.46. The Kier molecular flexibility index (Phi) is 2.30. The number of benzene rings is 1. The third-order valence-corrected chi connectivity index (χ3v) is 2.68. The molecule has 2 heterocycles. The predicted octanol–water partition coefficient (Wildman–Crippen LogP) is 1.77. The van der Waals surface area contributed by atoms with E-state index in [9.17, 15) is 4.79 Å². The van der Waals surface area contributed by atoms with Gasteiger partial charge in [0.2, 0.25) is 11.6 Å². The van der Waals surface area contributed by atoms with Crippen LogP contribution in [0.25, 0.3) is 11.0 Å². The summed E-state index contributed by atoms with van der Waals surface area (Å²) in [5, 5.41) is 0.722. The van der Waals surface area contributed by atoms with Gasteiger partial charge in [-0.1, -0.05) is 30.3 Å². The van der Waals surface area contributed by atoms with Crippen LogP contribution in [0.5, 0.6) is 0 Å². The Balaban J connectivity index is 2.12. The maximum Gasteiger partial charge on any atom is 0.230 e. The van der Waals surface area contributed by atoms with Gasteiger partial charge in [0, 0.05) is 11.8 Å². The molecule has 0 radical (unpaired) electrons. The number of H-pyrrole nitrogens is 1. The molecule has 5 heteroatoms. The van der Waals surface area contributed by atoms with Crippen LogP contribution in [0.2, 0.25) is 0 Å². The third kappa shape index (κ3) is 1.62. The zero-order valence-electron chi connectivity index (χ0n) is 9.42. The molecule has 88 valence electrons. The molecule has 3 N–H and O–H groups in total. The smallest absolute Gasteiger partial charge is 0.230 e. The molecule has 0 amide bonds. The van der Waals surface area contributed by atoms with Crippen LogP contribution in [-0.4, -0.2) is 20.7 Å². The Hall–Kier alpha value is -2.69. The van der Waals surface area contributed by atoms with Crippen molar-refractivity contribution in [3.05, 3.63) is 54.0 Å². The Morgan fingerprint density at radius 2 is 1.89 bits per heavy atom. The van der Waals surface area contributed by atoms with Crippen molar-refractivity contribution in [1.29, 1.82) is 0 Å². The molecule has 0 atom stereocenters. The molecule has 0 bridgehead atoms. The van der Waals surface area contributed by atoms with Gasteiger partial charge >= 0.3 is 0 Å². The van der Waals surface area contributed by atoms with E-state index in [1.54, 1.807) is 36.5 Å². The Morgan fingerprint density at radius 1 is 1.11 bits per heavy atom. The van der Waals surface area contributed by atoms with Crippen molar-refractivity contribution in [2.45, 2.75) is 0 Å². The van der Waals surface area contributed by atoms with Crippen molar-refractivity contribution < 1.29 is 4.79 Å². The number of nitrogens with two attached hydrogens (primary N) is 1. The molecule has 3 rings (SSSR count). The maximum atomic E-state index is 12.2. The van der Waals surface area contributed by atoms with E-state index in [2.05, 4.69) is 15.0 Å². The molecule has 1 aromatic carbocycles. The number of nitrogens with one attached hydrogen (secondary N) is 1. The minimum atomic E-state index is -0.237. The molecule has 0 aliphatic heterocycles. The summed E-state index contributed by atoms with van der Waals surface area (Å²) in [6, 6.07) is 10.7. The van der Waals surface area contributed by atoms with E-state index in [-0.39, 0.29) is 11.6 Å². The number of aromatic nitrogens is 3. The molecule has 5 nitrogen and oxygen atoms in total. The summed E-state index contributed by atoms with van der Waals surface area (Å²) >= 11 is 0. The van der Waals surface area contributed by atoms with Gasteiger partial charge < -0.3 is 10.7 Å². The van der Waals surface area contributed by atoms with Crippen molar-refractivity contribution in [3.8, 4) is 0 Å². The fourth-order valence-electron chi connectivity index (χ4n) is 1.79. The molecule has 3 aromatic rings. The zero-order chi connectivity index (χ0) is 12.5. The first kappa shape index (κ1) is 10.5. The van der Waals surface area contributed by atoms with Gasteiger partial charge in [-0.05, 0) is 6.07 Å². The summed E-state index contributed by atoms with van der Waals surface area (Å²) < 4.78 is 0. The van der Waals surface area contributed by atoms with Gasteiger partial charge in [-0.2, -0.15) is 0 Å². The predicted molar refractivity (Wildman–Crippen MR) is 68.2 cm³/mol. The molecular weight excluding hydrogens is 228 g/mol. The Bertz CT molecular complexity index is 718. The molecule has 0 saturated carbocycles. The number of ketones is 1. The number of nitrogen functional groups attached to an aromatic ring is 1. The van der Waals surface area contributed by atoms with Crippen molar-refractivity contribution in [3.63, 3.8) is 0 Å². The second-order valence-electron chi connectivity index (χ2n) is 3.87. The van der Waals surface area contributed by atoms with Gasteiger partial charge in [-0.25, -0.2) is 9.97 Å². The standard InChI is InChI=1S/C13H10N4O/c14-11-9-6-7-15-12(9)17-13(16-11)10(18)8-4-2-1-3-5-8/h1-7H,(H3,14,15,16,17). The normalized spacial score (nSPS) is 10.7. The first-order chi connectivity index (χ1) is 8.75. The lowest BCUT2D eigenvalue weighted by Crippen LogP contribution is -2.09. The van der Waals surface area contributed by atoms with Gasteiger partial charge in [0.05, 0.1) is 5.39 Å². The van der Waals surface area contributed by atoms with Crippen molar-refractivity contribution in [2.24, 2.45) is 0 Å². The van der Waals surface area contributed by atoms with E-state index in [0.29, 0.717) is 17.0 Å². The molecule has 0 aliphatic carbocycles. The summed E-state index contributed by atoms with van der Waals surface area (Å²) in [4.78, 5) is 23.3. The van der Waals surface area contributed by atoms with Crippen LogP contribution < -0.4 is 5.73 Å². The molecular formula is C13H10N4O. The number of nitrogens with zero attached hydrogens (tertiary/aromatic N) is 2. The minimum absolute atomic E-state index is 0.105. The summed E-state index contributed by atoms with van der Waals surface area (Å²) in [7, 11) is 0. The largest absolute Gasteiger partial charge is 0.383 e. The number of fused-ring (bicyclic) bond motifs is 1. The number of carbonyl (C=O) groups is 1. The highest BCUT2D eigenvalue weighted by atomic mass is 16.1. The highest BCUT2D eigenvalue weighted by molar-refractivity contribution is 6.07. The summed E-state index contributed by atoms with van der Waals surface area (Å²) in [6.45, 7) is 0. The SMILES string of the molecule is Nc1nc(C(=O)c2ccccc2)nc2[nH]ccc12. The zero-order valence-corrected chi connectivity index (χ0v) is 9.42. The second-order valence-corrected chi connectivity index (χ2v) is 3.87. The monoisotopic (exact) mass is 238 g/mol. The molecule has 0 saturated heterocycles. The van der Waals surface area contributed by atoms with Crippen molar-refractivity contribution >= 4 is 22.6 Å². The summed E-state index contributed by atoms with van der Waals surface area (Å²) in [5.41, 5.74) is 6.91. The average Bonchev–Trinajstić information content (AvgIpc) is 2.88. The average molecular weight is 238 g/mol. The topological polar surface area (TPSA) is 84.7 Å². The van der Waals surface area contributed by atoms with Crippen LogP contribution in [0.4, 0.5) is 5.82 Å². The molecule has 0 aliphatic rings. The van der Waals surface area contributed by atoms with E-state index in [0.717, 1.165) is 5.39 Å². The van der Waals surface area contributed by atoms with Crippen LogP contribution in [0.3, 0.4) is 0 Å². The Morgan fingerprint density at radius 3 is 2.67 bits per heavy atom. The van der Waals surface area contributed by atoms with Crippen molar-refractivity contribution in [1.82, 2.24) is 15.0 Å². The van der Waals surface area contributed by atoms with Crippen LogP contribution in [-0.2, 0) is 0 Å². The van der Waals surface area contributed by atoms with Gasteiger partial charge in [-0.15, -0.1) is 0 Å². The van der Waals surface area contributed by atoms with E-state index in [1.165, 1.54) is 0 Å². The molecule has 0 fully saturated rings. The molecule has 18 heavy (non-hydrogen) atoms. The quantitative estimate of drug-likeness (QED) is 0.666. The molecule has 2 aromatic heterocycles. The number of hydrogen-bond acceptors (Lipinski definition) is 4. The Labute approximate surface area is 103 Å². The summed E-state index contributed by atoms with van der Waals surface area (Å²) in [6.07, 6.45) is 1.71. The van der Waals surface area contributed by atoms with Gasteiger partial charge in [0.15, 0.2) is 0 Å². The van der Waals surface area contributed by atoms with E-state index < -0.39 is 0 Å². The second kappa shape index (κ2) is 3.96. The molecule has 0 unspecified atom stereocenters. The van der Waals surface area contributed by atoms with Crippen molar-refractivity contribution in [2.75, 3.05) is 5.73 Å². The van der Waals surface area contributed by atoms with Gasteiger partial charge in [0.1, 0.15) is 11.5 Å². The van der Waals surface area contributed by atoms with Gasteiger partial charge in [0.25, 0.3) is 0 Å². The minimum Gasteiger partial charge on any atom is -0.383 e. The fourth-order valence-corrected chi connectivity index (χ4v) is 1.79. The number of rotatable bonds is 2. The molecule has 0 spiro atoms. The lowest BCUT2D eigenvalue weighted by atomic mass is 10.1. The van der Waals surface area contributed by atoms with E-state index in [1.807, 2.05) is 6.07 Å². The first-order valence-electron chi connectivity index (χ1n) is 5.46. The lowest BCUT2D eigenvalue weighted by molar-refractivity contribution is 0.103. The van der Waals surface area contributed by atoms with Crippen LogP contribution in [0.1, 0.15) is 16.2 Å². The van der Waals surface area contributed by atoms with Crippen LogP contribution in [0.15, 0.2) is 42.6 Å². The number of anilines is 1. The van der Waals surface area contributed by atoms with Crippen LogP contribution in [0, 0.1) is 0 Å². The third-order valence-electron chi connectivity index (χ3n) is 2.68. The fraction of sp³-hybridized carbons (Fsp3) is 0. The number of hydrogen-bond donors (Lipinski definition) is 2. The van der Waals surface area contributed by atoms with E-state index in [4.69, 9.17) is 5.73 Å². The summed E-state index contributed by atoms with van der Waals surface area (Å²) in [5.74, 6) is 0.174. The van der Waals surface area contributed by atoms with E-state index >= 15 is 0 Å². The number of aromatic amines is 1. The highest BCUT2D eigenvalue weighted by Gasteiger charge is 2.14. The lowest BCUT2D eigenvalue weighted by Gasteiger charge is -2.01. The maximum absolute atomic E-state index is 12.2. The van der Waals surface area contributed by atoms with Gasteiger partial charge in [-0.3, -0.25) is 4.79 Å². The van der Waals surface area contributed by atoms with Crippen LogP contribution >= 0.6 is 0 Å². The number of carbonyl (C=O) groups excluding carboxylic acids is 1.